The Morgan fingerprint density at radius 3 is 2.88 bits per heavy atom. The highest BCUT2D eigenvalue weighted by molar-refractivity contribution is 6.03. The molecule has 1 aliphatic rings. The summed E-state index contributed by atoms with van der Waals surface area (Å²) in [5.41, 5.74) is 1.55. The zero-order chi connectivity index (χ0) is 18.3. The summed E-state index contributed by atoms with van der Waals surface area (Å²) in [7, 11) is 0. The van der Waals surface area contributed by atoms with Crippen LogP contribution in [-0.2, 0) is 9.59 Å². The van der Waals surface area contributed by atoms with E-state index in [2.05, 4.69) is 15.6 Å². The Morgan fingerprint density at radius 2 is 2.08 bits per heavy atom. The molecule has 1 unspecified atom stereocenters. The first kappa shape index (κ1) is 15.8. The van der Waals surface area contributed by atoms with E-state index in [1.807, 2.05) is 18.2 Å². The molecule has 4 rings (SSSR count). The molecule has 2 N–H and O–H groups in total. The molecule has 0 saturated heterocycles. The lowest BCUT2D eigenvalue weighted by Crippen LogP contribution is -2.35. The smallest absolute Gasteiger partial charge is 0.271 e. The average Bonchev–Trinajstić information content (AvgIpc) is 2.99. The number of aromatic nitrogens is 2. The van der Waals surface area contributed by atoms with Gasteiger partial charge in [-0.25, -0.2) is 4.98 Å². The van der Waals surface area contributed by atoms with Crippen LogP contribution >= 0.6 is 0 Å². The number of hydrogen-bond acceptors (Lipinski definition) is 5. The molecule has 0 fully saturated rings. The summed E-state index contributed by atoms with van der Waals surface area (Å²) >= 11 is 0. The van der Waals surface area contributed by atoms with Crippen molar-refractivity contribution in [3.8, 4) is 0 Å². The molecule has 1 aliphatic heterocycles. The van der Waals surface area contributed by atoms with Crippen molar-refractivity contribution in [2.45, 2.75) is 12.5 Å². The summed E-state index contributed by atoms with van der Waals surface area (Å²) in [6.45, 7) is 0. The number of nitro groups is 1. The van der Waals surface area contributed by atoms with Gasteiger partial charge < -0.3 is 5.32 Å². The number of imidazole rings is 1. The minimum Gasteiger partial charge on any atom is -0.324 e. The summed E-state index contributed by atoms with van der Waals surface area (Å²) in [6, 6.07) is 12.1. The van der Waals surface area contributed by atoms with Gasteiger partial charge in [-0.15, -0.1) is 0 Å². The molecule has 0 spiro atoms. The lowest BCUT2D eigenvalue weighted by molar-refractivity contribution is -0.384. The summed E-state index contributed by atoms with van der Waals surface area (Å²) in [5.74, 6) is -0.446. The molecule has 9 nitrogen and oxygen atoms in total. The van der Waals surface area contributed by atoms with Crippen molar-refractivity contribution >= 4 is 40.2 Å². The van der Waals surface area contributed by atoms with Gasteiger partial charge in [0, 0.05) is 17.8 Å². The van der Waals surface area contributed by atoms with E-state index in [-0.39, 0.29) is 18.0 Å². The van der Waals surface area contributed by atoms with Gasteiger partial charge in [-0.1, -0.05) is 18.2 Å². The number of anilines is 2. The lowest BCUT2D eigenvalue weighted by atomic mass is 10.1. The molecule has 2 heterocycles. The van der Waals surface area contributed by atoms with E-state index in [1.54, 1.807) is 16.7 Å². The van der Waals surface area contributed by atoms with Crippen LogP contribution in [0.3, 0.4) is 0 Å². The van der Waals surface area contributed by atoms with Gasteiger partial charge in [0.2, 0.25) is 17.8 Å². The first-order valence-corrected chi connectivity index (χ1v) is 7.85. The number of hydrogen-bond donors (Lipinski definition) is 2. The summed E-state index contributed by atoms with van der Waals surface area (Å²) in [4.78, 5) is 39.5. The van der Waals surface area contributed by atoms with Crippen LogP contribution in [0.5, 0.6) is 0 Å². The third-order valence-corrected chi connectivity index (χ3v) is 4.16. The fourth-order valence-electron chi connectivity index (χ4n) is 3.02. The summed E-state index contributed by atoms with van der Waals surface area (Å²) < 4.78 is 1.67. The van der Waals surface area contributed by atoms with Gasteiger partial charge in [0.15, 0.2) is 0 Å². The van der Waals surface area contributed by atoms with Crippen molar-refractivity contribution in [2.75, 3.05) is 10.6 Å². The van der Waals surface area contributed by atoms with Crippen LogP contribution in [0.15, 0.2) is 48.5 Å². The molecule has 9 heteroatoms. The molecule has 0 bridgehead atoms. The quantitative estimate of drug-likeness (QED) is 0.555. The summed E-state index contributed by atoms with van der Waals surface area (Å²) in [5, 5.41) is 16.2. The normalized spacial score (nSPS) is 16.0. The molecule has 2 aromatic carbocycles. The van der Waals surface area contributed by atoms with Gasteiger partial charge in [-0.3, -0.25) is 29.6 Å². The van der Waals surface area contributed by atoms with Crippen LogP contribution in [0, 0.1) is 10.1 Å². The molecule has 1 atom stereocenters. The predicted molar refractivity (Wildman–Crippen MR) is 93.7 cm³/mol. The predicted octanol–water partition coefficient (Wildman–Crippen LogP) is 2.47. The van der Waals surface area contributed by atoms with E-state index in [0.29, 0.717) is 17.2 Å². The standard InChI is InChI=1S/C17H13N5O4/c23-15-9-14(16(24)18-10-4-3-5-11(8-10)22(25)26)21-13-7-2-1-6-12(13)19-17(21)20-15/h1-8,14H,9H2,(H,18,24)(H,19,20,23). The molecule has 1 aromatic heterocycles. The third-order valence-electron chi connectivity index (χ3n) is 4.16. The van der Waals surface area contributed by atoms with Gasteiger partial charge in [0.25, 0.3) is 5.69 Å². The van der Waals surface area contributed by atoms with Crippen LogP contribution in [0.2, 0.25) is 0 Å². The molecule has 2 amide bonds. The maximum absolute atomic E-state index is 12.8. The Balaban J connectivity index is 1.70. The first-order valence-electron chi connectivity index (χ1n) is 7.85. The number of carbonyl (C=O) groups is 2. The van der Waals surface area contributed by atoms with Crippen LogP contribution in [0.25, 0.3) is 11.0 Å². The highest BCUT2D eigenvalue weighted by Gasteiger charge is 2.32. The number of nitrogens with zero attached hydrogens (tertiary/aromatic N) is 3. The number of rotatable bonds is 3. The molecule has 0 saturated carbocycles. The number of carbonyl (C=O) groups excluding carboxylic acids is 2. The number of amides is 2. The fourth-order valence-corrected chi connectivity index (χ4v) is 3.02. The topological polar surface area (TPSA) is 119 Å². The van der Waals surface area contributed by atoms with E-state index >= 15 is 0 Å². The minimum absolute atomic E-state index is 0.0475. The first-order chi connectivity index (χ1) is 12.5. The van der Waals surface area contributed by atoms with Gasteiger partial charge in [0.1, 0.15) is 6.04 Å². The number of nitrogens with one attached hydrogen (secondary N) is 2. The van der Waals surface area contributed by atoms with Crippen molar-refractivity contribution in [3.05, 3.63) is 58.6 Å². The van der Waals surface area contributed by atoms with E-state index in [1.165, 1.54) is 18.2 Å². The second kappa shape index (κ2) is 5.96. The Hall–Kier alpha value is -3.75. The Labute approximate surface area is 146 Å². The minimum atomic E-state index is -0.801. The summed E-state index contributed by atoms with van der Waals surface area (Å²) in [6.07, 6.45) is -0.0475. The van der Waals surface area contributed by atoms with Crippen molar-refractivity contribution in [1.29, 1.82) is 0 Å². The fraction of sp³-hybridized carbons (Fsp3) is 0.118. The highest BCUT2D eigenvalue weighted by Crippen LogP contribution is 2.31. The van der Waals surface area contributed by atoms with E-state index < -0.39 is 16.9 Å². The van der Waals surface area contributed by atoms with Crippen molar-refractivity contribution in [1.82, 2.24) is 9.55 Å². The monoisotopic (exact) mass is 351 g/mol. The van der Waals surface area contributed by atoms with Gasteiger partial charge in [-0.2, -0.15) is 0 Å². The van der Waals surface area contributed by atoms with Crippen LogP contribution in [-0.4, -0.2) is 26.3 Å². The van der Waals surface area contributed by atoms with E-state index in [0.717, 1.165) is 5.52 Å². The third kappa shape index (κ3) is 2.65. The largest absolute Gasteiger partial charge is 0.324 e. The van der Waals surface area contributed by atoms with Crippen LogP contribution in [0.1, 0.15) is 12.5 Å². The number of non-ortho nitro benzene ring substituents is 1. The average molecular weight is 351 g/mol. The second-order valence-corrected chi connectivity index (χ2v) is 5.86. The zero-order valence-electron chi connectivity index (χ0n) is 13.4. The SMILES string of the molecule is O=C1CC(C(=O)Nc2cccc([N+](=O)[O-])c2)n2c(nc3ccccc32)N1. The molecule has 0 aliphatic carbocycles. The molecule has 0 radical (unpaired) electrons. The van der Waals surface area contributed by atoms with Crippen molar-refractivity contribution < 1.29 is 14.5 Å². The zero-order valence-corrected chi connectivity index (χ0v) is 13.4. The van der Waals surface area contributed by atoms with Gasteiger partial charge in [0.05, 0.1) is 22.4 Å². The molecule has 3 aromatic rings. The van der Waals surface area contributed by atoms with Crippen LogP contribution < -0.4 is 10.6 Å². The Bertz CT molecular complexity index is 1060. The molecular formula is C17H13N5O4. The van der Waals surface area contributed by atoms with Gasteiger partial charge in [-0.05, 0) is 18.2 Å². The van der Waals surface area contributed by atoms with Crippen LogP contribution in [0.4, 0.5) is 17.3 Å². The number of benzene rings is 2. The molecule has 26 heavy (non-hydrogen) atoms. The van der Waals surface area contributed by atoms with E-state index in [9.17, 15) is 19.7 Å². The highest BCUT2D eigenvalue weighted by atomic mass is 16.6. The molecular weight excluding hydrogens is 338 g/mol. The Morgan fingerprint density at radius 1 is 1.27 bits per heavy atom. The molecule has 130 valence electrons. The second-order valence-electron chi connectivity index (χ2n) is 5.86. The van der Waals surface area contributed by atoms with Crippen molar-refractivity contribution in [2.24, 2.45) is 0 Å². The maximum atomic E-state index is 12.8. The number of para-hydroxylation sites is 2. The number of fused-ring (bicyclic) bond motifs is 3. The Kier molecular flexibility index (Phi) is 3.61. The van der Waals surface area contributed by atoms with E-state index in [4.69, 9.17) is 0 Å². The maximum Gasteiger partial charge on any atom is 0.271 e. The van der Waals surface area contributed by atoms with Crippen molar-refractivity contribution in [3.63, 3.8) is 0 Å². The number of nitro benzene ring substituents is 1. The van der Waals surface area contributed by atoms with Gasteiger partial charge >= 0.3 is 0 Å². The lowest BCUT2D eigenvalue weighted by Gasteiger charge is -2.24.